The van der Waals surface area contributed by atoms with Crippen molar-refractivity contribution in [2.45, 2.75) is 46.1 Å². The average Bonchev–Trinajstić information content (AvgIpc) is 2.55. The van der Waals surface area contributed by atoms with E-state index in [0.717, 1.165) is 24.2 Å². The summed E-state index contributed by atoms with van der Waals surface area (Å²) < 4.78 is 5.27. The molecule has 0 bridgehead atoms. The average molecular weight is 332 g/mol. The van der Waals surface area contributed by atoms with Crippen LogP contribution in [0.2, 0.25) is 0 Å². The summed E-state index contributed by atoms with van der Waals surface area (Å²) in [7, 11) is 1.61. The number of rotatable bonds is 5. The van der Waals surface area contributed by atoms with Gasteiger partial charge in [-0.25, -0.2) is 0 Å². The van der Waals surface area contributed by atoms with Gasteiger partial charge in [-0.3, -0.25) is 9.59 Å². The molecule has 1 saturated heterocycles. The highest BCUT2D eigenvalue weighted by Crippen LogP contribution is 2.20. The molecular weight excluding hydrogens is 304 g/mol. The maximum absolute atomic E-state index is 12.4. The van der Waals surface area contributed by atoms with E-state index in [4.69, 9.17) is 4.74 Å². The fourth-order valence-electron chi connectivity index (χ4n) is 2.98. The molecule has 1 aromatic rings. The van der Waals surface area contributed by atoms with Crippen LogP contribution in [0, 0.1) is 12.8 Å². The first-order valence-corrected chi connectivity index (χ1v) is 8.64. The Kier molecular flexibility index (Phi) is 6.23. The maximum atomic E-state index is 12.4. The number of hydrogen-bond acceptors (Lipinski definition) is 3. The molecule has 2 rings (SSSR count). The van der Waals surface area contributed by atoms with E-state index in [2.05, 4.69) is 19.2 Å². The third-order valence-corrected chi connectivity index (χ3v) is 4.44. The number of nitrogens with one attached hydrogen (secondary N) is 1. The Bertz CT molecular complexity index is 590. The molecule has 0 atom stereocenters. The van der Waals surface area contributed by atoms with Crippen molar-refractivity contribution < 1.29 is 14.3 Å². The number of benzene rings is 1. The van der Waals surface area contributed by atoms with Crippen LogP contribution in [0.1, 0.15) is 49.0 Å². The van der Waals surface area contributed by atoms with Crippen LogP contribution < -0.4 is 10.1 Å². The van der Waals surface area contributed by atoms with Gasteiger partial charge in [0.15, 0.2) is 0 Å². The Labute approximate surface area is 144 Å². The van der Waals surface area contributed by atoms with Crippen molar-refractivity contribution in [2.75, 3.05) is 20.2 Å². The molecule has 0 saturated carbocycles. The molecule has 132 valence electrons. The van der Waals surface area contributed by atoms with Gasteiger partial charge in [-0.05, 0) is 43.4 Å². The zero-order chi connectivity index (χ0) is 17.7. The summed E-state index contributed by atoms with van der Waals surface area (Å²) in [5.74, 6) is 1.24. The quantitative estimate of drug-likeness (QED) is 0.902. The topological polar surface area (TPSA) is 58.6 Å². The summed E-state index contributed by atoms with van der Waals surface area (Å²) in [6.45, 7) is 7.49. The van der Waals surface area contributed by atoms with Crippen LogP contribution in [0.5, 0.6) is 5.75 Å². The van der Waals surface area contributed by atoms with Gasteiger partial charge in [0.2, 0.25) is 5.91 Å². The number of amides is 2. The Hall–Kier alpha value is -2.04. The molecule has 5 heteroatoms. The monoisotopic (exact) mass is 332 g/mol. The lowest BCUT2D eigenvalue weighted by Gasteiger charge is -2.33. The number of carbonyl (C=O) groups excluding carboxylic acids is 2. The van der Waals surface area contributed by atoms with Crippen LogP contribution in [0.25, 0.3) is 0 Å². The highest BCUT2D eigenvalue weighted by Gasteiger charge is 2.24. The molecular formula is C19H28N2O3. The van der Waals surface area contributed by atoms with Crippen LogP contribution in [0.4, 0.5) is 0 Å². The van der Waals surface area contributed by atoms with Crippen LogP contribution in [0.15, 0.2) is 18.2 Å². The van der Waals surface area contributed by atoms with E-state index in [-0.39, 0.29) is 17.9 Å². The normalized spacial score (nSPS) is 15.5. The van der Waals surface area contributed by atoms with E-state index in [0.29, 0.717) is 31.0 Å². The first-order chi connectivity index (χ1) is 11.4. The summed E-state index contributed by atoms with van der Waals surface area (Å²) >= 11 is 0. The fraction of sp³-hybridized carbons (Fsp3) is 0.579. The number of methoxy groups -OCH3 is 1. The second kappa shape index (κ2) is 8.18. The highest BCUT2D eigenvalue weighted by molar-refractivity contribution is 5.95. The fourth-order valence-corrected chi connectivity index (χ4v) is 2.98. The van der Waals surface area contributed by atoms with E-state index >= 15 is 0 Å². The van der Waals surface area contributed by atoms with Gasteiger partial charge < -0.3 is 15.0 Å². The molecule has 1 N–H and O–H groups in total. The van der Waals surface area contributed by atoms with Gasteiger partial charge in [-0.2, -0.15) is 0 Å². The van der Waals surface area contributed by atoms with Crippen LogP contribution >= 0.6 is 0 Å². The molecule has 24 heavy (non-hydrogen) atoms. The number of aryl methyl sites for hydroxylation is 1. The van der Waals surface area contributed by atoms with Gasteiger partial charge >= 0.3 is 0 Å². The minimum absolute atomic E-state index is 0.0831. The lowest BCUT2D eigenvalue weighted by Crippen LogP contribution is -2.46. The van der Waals surface area contributed by atoms with E-state index < -0.39 is 0 Å². The number of ether oxygens (including phenoxy) is 1. The Morgan fingerprint density at radius 2 is 1.96 bits per heavy atom. The predicted octanol–water partition coefficient (Wildman–Crippen LogP) is 2.77. The van der Waals surface area contributed by atoms with Gasteiger partial charge in [-0.15, -0.1) is 0 Å². The van der Waals surface area contributed by atoms with Gasteiger partial charge in [0.1, 0.15) is 5.75 Å². The number of hydrogen-bond donors (Lipinski definition) is 1. The zero-order valence-electron chi connectivity index (χ0n) is 15.1. The van der Waals surface area contributed by atoms with E-state index in [9.17, 15) is 9.59 Å². The van der Waals surface area contributed by atoms with Crippen molar-refractivity contribution in [3.8, 4) is 5.75 Å². The van der Waals surface area contributed by atoms with Crippen LogP contribution in [0.3, 0.4) is 0 Å². The second-order valence-electron chi connectivity index (χ2n) is 6.91. The Morgan fingerprint density at radius 1 is 1.29 bits per heavy atom. The molecule has 1 aliphatic rings. The van der Waals surface area contributed by atoms with Gasteiger partial charge in [-0.1, -0.05) is 19.9 Å². The van der Waals surface area contributed by atoms with Gasteiger partial charge in [0.25, 0.3) is 5.91 Å². The number of carbonyl (C=O) groups is 2. The van der Waals surface area contributed by atoms with Crippen molar-refractivity contribution in [3.63, 3.8) is 0 Å². The number of likely N-dealkylation sites (tertiary alicyclic amines) is 1. The Morgan fingerprint density at radius 3 is 2.54 bits per heavy atom. The summed E-state index contributed by atoms with van der Waals surface area (Å²) in [5, 5.41) is 3.07. The molecule has 0 unspecified atom stereocenters. The maximum Gasteiger partial charge on any atom is 0.251 e. The minimum atomic E-state index is -0.0831. The number of nitrogens with zero attached hydrogens (tertiary/aromatic N) is 1. The van der Waals surface area contributed by atoms with Crippen molar-refractivity contribution in [1.29, 1.82) is 0 Å². The van der Waals surface area contributed by atoms with Crippen molar-refractivity contribution in [1.82, 2.24) is 10.2 Å². The van der Waals surface area contributed by atoms with Crippen LogP contribution in [-0.4, -0.2) is 43.0 Å². The molecule has 0 radical (unpaired) electrons. The smallest absolute Gasteiger partial charge is 0.251 e. The van der Waals surface area contributed by atoms with Crippen LogP contribution in [-0.2, 0) is 4.79 Å². The molecule has 0 aliphatic carbocycles. The SMILES string of the molecule is COc1cc(C(=O)NC2CCN(C(=O)CC(C)C)CC2)ccc1C. The van der Waals surface area contributed by atoms with Gasteiger partial charge in [0, 0.05) is 31.1 Å². The first kappa shape index (κ1) is 18.3. The molecule has 1 aromatic carbocycles. The summed E-state index contributed by atoms with van der Waals surface area (Å²) in [4.78, 5) is 26.4. The lowest BCUT2D eigenvalue weighted by atomic mass is 10.0. The van der Waals surface area contributed by atoms with E-state index in [1.807, 2.05) is 24.0 Å². The molecule has 1 fully saturated rings. The predicted molar refractivity (Wildman–Crippen MR) is 94.3 cm³/mol. The summed E-state index contributed by atoms with van der Waals surface area (Å²) in [5.41, 5.74) is 1.61. The molecule has 0 aromatic heterocycles. The van der Waals surface area contributed by atoms with Gasteiger partial charge in [0.05, 0.1) is 7.11 Å². The molecule has 1 heterocycles. The molecule has 2 amide bonds. The summed E-state index contributed by atoms with van der Waals surface area (Å²) in [6, 6.07) is 5.59. The van der Waals surface area contributed by atoms with Crippen molar-refractivity contribution in [3.05, 3.63) is 29.3 Å². The third-order valence-electron chi connectivity index (χ3n) is 4.44. The molecule has 5 nitrogen and oxygen atoms in total. The first-order valence-electron chi connectivity index (χ1n) is 8.64. The standard InChI is InChI=1S/C19H28N2O3/c1-13(2)11-18(22)21-9-7-16(8-10-21)20-19(23)15-6-5-14(3)17(12-15)24-4/h5-6,12-13,16H,7-11H2,1-4H3,(H,20,23). The highest BCUT2D eigenvalue weighted by atomic mass is 16.5. The Balaban J connectivity index is 1.87. The minimum Gasteiger partial charge on any atom is -0.496 e. The molecule has 0 spiro atoms. The largest absolute Gasteiger partial charge is 0.496 e. The zero-order valence-corrected chi connectivity index (χ0v) is 15.1. The van der Waals surface area contributed by atoms with Crippen molar-refractivity contribution >= 4 is 11.8 Å². The van der Waals surface area contributed by atoms with E-state index in [1.165, 1.54) is 0 Å². The van der Waals surface area contributed by atoms with Crippen molar-refractivity contribution in [2.24, 2.45) is 5.92 Å². The molecule has 1 aliphatic heterocycles. The van der Waals surface area contributed by atoms with E-state index in [1.54, 1.807) is 13.2 Å². The number of piperidine rings is 1. The summed E-state index contributed by atoms with van der Waals surface area (Å²) in [6.07, 6.45) is 2.21. The lowest BCUT2D eigenvalue weighted by molar-refractivity contribution is -0.133. The third kappa shape index (κ3) is 4.73. The second-order valence-corrected chi connectivity index (χ2v) is 6.91.